The van der Waals surface area contributed by atoms with E-state index in [-0.39, 0.29) is 11.7 Å². The molecule has 0 bridgehead atoms. The van der Waals surface area contributed by atoms with E-state index < -0.39 is 10.0 Å². The number of hydrogen-bond donors (Lipinski definition) is 0. The molecule has 0 unspecified atom stereocenters. The number of amides is 1. The molecule has 0 atom stereocenters. The van der Waals surface area contributed by atoms with Gasteiger partial charge in [-0.1, -0.05) is 48.0 Å². The van der Waals surface area contributed by atoms with Gasteiger partial charge in [0, 0.05) is 31.7 Å². The lowest BCUT2D eigenvalue weighted by Gasteiger charge is -2.22. The Bertz CT molecular complexity index is 866. The Kier molecular flexibility index (Phi) is 5.74. The molecular formula is C20H24N2O3S. The second kappa shape index (κ2) is 8.01. The Labute approximate surface area is 155 Å². The third-order valence-corrected chi connectivity index (χ3v) is 6.44. The summed E-state index contributed by atoms with van der Waals surface area (Å²) in [7, 11) is -3.39. The molecule has 0 aromatic heterocycles. The largest absolute Gasteiger partial charge is 0.337 e. The molecule has 138 valence electrons. The summed E-state index contributed by atoms with van der Waals surface area (Å²) in [4.78, 5) is 14.3. The minimum Gasteiger partial charge on any atom is -0.337 e. The van der Waals surface area contributed by atoms with Crippen LogP contribution in [0.5, 0.6) is 0 Å². The second-order valence-electron chi connectivity index (χ2n) is 6.66. The van der Waals surface area contributed by atoms with E-state index in [2.05, 4.69) is 0 Å². The van der Waals surface area contributed by atoms with Crippen molar-refractivity contribution in [2.75, 3.05) is 26.2 Å². The molecule has 0 aliphatic carbocycles. The number of nitrogens with zero attached hydrogens (tertiary/aromatic N) is 2. The summed E-state index contributed by atoms with van der Waals surface area (Å²) in [6.45, 7) is 3.74. The van der Waals surface area contributed by atoms with Gasteiger partial charge in [0.25, 0.3) is 5.91 Å². The maximum atomic E-state index is 12.8. The fourth-order valence-electron chi connectivity index (χ4n) is 3.24. The third-order valence-electron chi connectivity index (χ3n) is 4.59. The van der Waals surface area contributed by atoms with Crippen LogP contribution in [-0.2, 0) is 15.8 Å². The van der Waals surface area contributed by atoms with Gasteiger partial charge in [0.05, 0.1) is 5.75 Å². The van der Waals surface area contributed by atoms with Crippen LogP contribution in [0.3, 0.4) is 0 Å². The molecule has 0 N–H and O–H groups in total. The van der Waals surface area contributed by atoms with Crippen molar-refractivity contribution in [1.82, 2.24) is 9.21 Å². The molecule has 2 aromatic rings. The Morgan fingerprint density at radius 2 is 1.73 bits per heavy atom. The van der Waals surface area contributed by atoms with E-state index in [0.29, 0.717) is 38.2 Å². The Balaban J connectivity index is 1.67. The van der Waals surface area contributed by atoms with Gasteiger partial charge in [0.1, 0.15) is 0 Å². The SMILES string of the molecule is Cc1cccc(CS(=O)(=O)N2CCCN(C(=O)c3ccccc3)CC2)c1. The summed E-state index contributed by atoms with van der Waals surface area (Å²) in [5.74, 6) is -0.0371. The molecular weight excluding hydrogens is 348 g/mol. The van der Waals surface area contributed by atoms with Crippen LogP contribution < -0.4 is 0 Å². The highest BCUT2D eigenvalue weighted by Gasteiger charge is 2.27. The molecule has 5 nitrogen and oxygen atoms in total. The van der Waals surface area contributed by atoms with Crippen LogP contribution in [0, 0.1) is 6.92 Å². The first kappa shape index (κ1) is 18.6. The first-order chi connectivity index (χ1) is 12.5. The van der Waals surface area contributed by atoms with Crippen molar-refractivity contribution in [3.63, 3.8) is 0 Å². The van der Waals surface area contributed by atoms with Crippen molar-refractivity contribution in [2.45, 2.75) is 19.1 Å². The zero-order valence-corrected chi connectivity index (χ0v) is 15.8. The molecule has 0 spiro atoms. The van der Waals surface area contributed by atoms with Crippen LogP contribution in [0.4, 0.5) is 0 Å². The maximum absolute atomic E-state index is 12.8. The van der Waals surface area contributed by atoms with Gasteiger partial charge in [-0.2, -0.15) is 4.31 Å². The maximum Gasteiger partial charge on any atom is 0.253 e. The van der Waals surface area contributed by atoms with Crippen LogP contribution >= 0.6 is 0 Å². The molecule has 1 amide bonds. The first-order valence-corrected chi connectivity index (χ1v) is 10.4. The van der Waals surface area contributed by atoms with Crippen LogP contribution in [-0.4, -0.2) is 49.7 Å². The fourth-order valence-corrected chi connectivity index (χ4v) is 4.79. The van der Waals surface area contributed by atoms with E-state index in [0.717, 1.165) is 11.1 Å². The number of hydrogen-bond acceptors (Lipinski definition) is 3. The topological polar surface area (TPSA) is 57.7 Å². The van der Waals surface area contributed by atoms with Crippen molar-refractivity contribution in [3.8, 4) is 0 Å². The summed E-state index contributed by atoms with van der Waals surface area (Å²) in [5.41, 5.74) is 2.49. The Morgan fingerprint density at radius 3 is 2.46 bits per heavy atom. The molecule has 3 rings (SSSR count). The van der Waals surface area contributed by atoms with Crippen molar-refractivity contribution in [2.24, 2.45) is 0 Å². The molecule has 0 radical (unpaired) electrons. The van der Waals surface area contributed by atoms with Gasteiger partial charge in [-0.25, -0.2) is 8.42 Å². The second-order valence-corrected chi connectivity index (χ2v) is 8.63. The van der Waals surface area contributed by atoms with Crippen LogP contribution in [0.15, 0.2) is 54.6 Å². The molecule has 1 fully saturated rings. The smallest absolute Gasteiger partial charge is 0.253 e. The van der Waals surface area contributed by atoms with Gasteiger partial charge in [-0.3, -0.25) is 4.79 Å². The summed E-state index contributed by atoms with van der Waals surface area (Å²) in [6, 6.07) is 16.7. The van der Waals surface area contributed by atoms with E-state index in [4.69, 9.17) is 0 Å². The number of carbonyl (C=O) groups is 1. The Hall–Kier alpha value is -2.18. The van der Waals surface area contributed by atoms with E-state index in [1.807, 2.05) is 49.4 Å². The molecule has 0 saturated carbocycles. The van der Waals surface area contributed by atoms with Crippen molar-refractivity contribution < 1.29 is 13.2 Å². The van der Waals surface area contributed by atoms with E-state index in [9.17, 15) is 13.2 Å². The third kappa shape index (κ3) is 4.51. The van der Waals surface area contributed by atoms with E-state index >= 15 is 0 Å². The number of rotatable bonds is 4. The summed E-state index contributed by atoms with van der Waals surface area (Å²) in [6.07, 6.45) is 0.644. The normalized spacial score (nSPS) is 16.3. The number of aryl methyl sites for hydroxylation is 1. The van der Waals surface area contributed by atoms with Gasteiger partial charge in [0.2, 0.25) is 10.0 Å². The lowest BCUT2D eigenvalue weighted by Crippen LogP contribution is -2.37. The number of carbonyl (C=O) groups excluding carboxylic acids is 1. The molecule has 1 aliphatic heterocycles. The van der Waals surface area contributed by atoms with Gasteiger partial charge in [0.15, 0.2) is 0 Å². The highest BCUT2D eigenvalue weighted by molar-refractivity contribution is 7.88. The minimum atomic E-state index is -3.39. The highest BCUT2D eigenvalue weighted by atomic mass is 32.2. The monoisotopic (exact) mass is 372 g/mol. The number of benzene rings is 2. The van der Waals surface area contributed by atoms with Crippen LogP contribution in [0.2, 0.25) is 0 Å². The average molecular weight is 372 g/mol. The molecule has 6 heteroatoms. The van der Waals surface area contributed by atoms with Gasteiger partial charge >= 0.3 is 0 Å². The molecule has 1 heterocycles. The van der Waals surface area contributed by atoms with Gasteiger partial charge < -0.3 is 4.90 Å². The Morgan fingerprint density at radius 1 is 0.962 bits per heavy atom. The quantitative estimate of drug-likeness (QED) is 0.829. The molecule has 26 heavy (non-hydrogen) atoms. The summed E-state index contributed by atoms with van der Waals surface area (Å²) >= 11 is 0. The van der Waals surface area contributed by atoms with Crippen LogP contribution in [0.1, 0.15) is 27.9 Å². The van der Waals surface area contributed by atoms with Gasteiger partial charge in [-0.15, -0.1) is 0 Å². The number of sulfonamides is 1. The van der Waals surface area contributed by atoms with Gasteiger partial charge in [-0.05, 0) is 31.0 Å². The van der Waals surface area contributed by atoms with Crippen molar-refractivity contribution >= 4 is 15.9 Å². The summed E-state index contributed by atoms with van der Waals surface area (Å²) in [5, 5.41) is 0. The average Bonchev–Trinajstić information content (AvgIpc) is 2.88. The molecule has 1 saturated heterocycles. The van der Waals surface area contributed by atoms with Crippen molar-refractivity contribution in [3.05, 3.63) is 71.3 Å². The molecule has 1 aliphatic rings. The van der Waals surface area contributed by atoms with E-state index in [1.54, 1.807) is 17.0 Å². The highest BCUT2D eigenvalue weighted by Crippen LogP contribution is 2.16. The predicted octanol–water partition coefficient (Wildman–Crippen LogP) is 2.67. The molecule has 2 aromatic carbocycles. The van der Waals surface area contributed by atoms with Crippen LogP contribution in [0.25, 0.3) is 0 Å². The van der Waals surface area contributed by atoms with Crippen molar-refractivity contribution in [1.29, 1.82) is 0 Å². The minimum absolute atomic E-state index is 0.00130. The lowest BCUT2D eigenvalue weighted by atomic mass is 10.2. The lowest BCUT2D eigenvalue weighted by molar-refractivity contribution is 0.0764. The fraction of sp³-hybridized carbons (Fsp3) is 0.350. The first-order valence-electron chi connectivity index (χ1n) is 8.83. The van der Waals surface area contributed by atoms with E-state index in [1.165, 1.54) is 4.31 Å². The summed E-state index contributed by atoms with van der Waals surface area (Å²) < 4.78 is 27.1. The predicted molar refractivity (Wildman–Crippen MR) is 102 cm³/mol. The zero-order valence-electron chi connectivity index (χ0n) is 15.0. The standard InChI is InChI=1S/C20H24N2O3S/c1-17-7-5-8-18(15-17)16-26(24,25)22-12-6-11-21(13-14-22)20(23)19-9-3-2-4-10-19/h2-5,7-10,15H,6,11-14,16H2,1H3. The zero-order chi connectivity index (χ0) is 18.6.